The maximum atomic E-state index is 6.07. The van der Waals surface area contributed by atoms with Crippen molar-refractivity contribution >= 4 is 28.8 Å². The zero-order valence-electron chi connectivity index (χ0n) is 11.3. The summed E-state index contributed by atoms with van der Waals surface area (Å²) in [5.74, 6) is 1.67. The number of halogens is 1. The van der Waals surface area contributed by atoms with Gasteiger partial charge in [-0.15, -0.1) is 0 Å². The Morgan fingerprint density at radius 1 is 1.30 bits per heavy atom. The molecule has 0 atom stereocenters. The first kappa shape index (κ1) is 14.3. The molecule has 0 radical (unpaired) electrons. The molecule has 0 aliphatic heterocycles. The van der Waals surface area contributed by atoms with E-state index in [1.165, 1.54) is 0 Å². The summed E-state index contributed by atoms with van der Waals surface area (Å²) in [5.41, 5.74) is 7.08. The number of anilines is 3. The Balaban J connectivity index is 2.21. The Hall–Kier alpha value is -2.14. The number of benzene rings is 1. The van der Waals surface area contributed by atoms with Gasteiger partial charge < -0.3 is 20.5 Å². The average molecular weight is 294 g/mol. The van der Waals surface area contributed by atoms with Crippen LogP contribution >= 0.6 is 11.6 Å². The second kappa shape index (κ2) is 6.34. The number of nitrogens with zero attached hydrogens (tertiary/aromatic N) is 1. The lowest BCUT2D eigenvalue weighted by atomic mass is 10.3. The largest absolute Gasteiger partial charge is 0.495 e. The molecule has 1 aromatic carbocycles. The summed E-state index contributed by atoms with van der Waals surface area (Å²) in [5, 5.41) is 3.66. The number of rotatable bonds is 5. The highest BCUT2D eigenvalue weighted by Gasteiger charge is 2.06. The van der Waals surface area contributed by atoms with Crippen LogP contribution in [-0.2, 0) is 0 Å². The van der Waals surface area contributed by atoms with E-state index in [-0.39, 0.29) is 0 Å². The minimum atomic E-state index is 0.414. The van der Waals surface area contributed by atoms with Crippen molar-refractivity contribution in [1.82, 2.24) is 4.98 Å². The molecule has 2 rings (SSSR count). The Kier molecular flexibility index (Phi) is 4.53. The second-order valence-corrected chi connectivity index (χ2v) is 4.41. The van der Waals surface area contributed by atoms with E-state index in [9.17, 15) is 0 Å². The predicted octanol–water partition coefficient (Wildman–Crippen LogP) is 3.47. The van der Waals surface area contributed by atoms with Gasteiger partial charge in [0, 0.05) is 5.69 Å². The molecule has 0 saturated heterocycles. The molecule has 106 valence electrons. The van der Waals surface area contributed by atoms with Gasteiger partial charge in [0.05, 0.1) is 24.4 Å². The summed E-state index contributed by atoms with van der Waals surface area (Å²) in [6.07, 6.45) is 0. The molecule has 0 amide bonds. The van der Waals surface area contributed by atoms with Crippen LogP contribution in [0.2, 0.25) is 5.02 Å². The van der Waals surface area contributed by atoms with E-state index in [0.29, 0.717) is 34.8 Å². The molecular weight excluding hydrogens is 278 g/mol. The molecule has 0 unspecified atom stereocenters. The van der Waals surface area contributed by atoms with Crippen LogP contribution < -0.4 is 20.5 Å². The minimum Gasteiger partial charge on any atom is -0.495 e. The van der Waals surface area contributed by atoms with Crippen LogP contribution in [0.15, 0.2) is 30.3 Å². The number of nitrogens with two attached hydrogens (primary N) is 1. The van der Waals surface area contributed by atoms with Gasteiger partial charge in [0.25, 0.3) is 0 Å². The van der Waals surface area contributed by atoms with Crippen molar-refractivity contribution in [3.63, 3.8) is 0 Å². The van der Waals surface area contributed by atoms with Crippen molar-refractivity contribution in [2.24, 2.45) is 0 Å². The van der Waals surface area contributed by atoms with Gasteiger partial charge >= 0.3 is 0 Å². The average Bonchev–Trinajstić information content (AvgIpc) is 2.43. The van der Waals surface area contributed by atoms with E-state index >= 15 is 0 Å². The SMILES string of the molecule is CCOc1nc(Nc2ccc(OC)c(Cl)c2)ccc1N. The van der Waals surface area contributed by atoms with Gasteiger partial charge in [0.1, 0.15) is 11.6 Å². The van der Waals surface area contributed by atoms with E-state index in [2.05, 4.69) is 10.3 Å². The summed E-state index contributed by atoms with van der Waals surface area (Å²) >= 11 is 6.07. The van der Waals surface area contributed by atoms with E-state index < -0.39 is 0 Å². The summed E-state index contributed by atoms with van der Waals surface area (Å²) < 4.78 is 10.5. The monoisotopic (exact) mass is 293 g/mol. The number of hydrogen-bond acceptors (Lipinski definition) is 5. The van der Waals surface area contributed by atoms with E-state index in [4.69, 9.17) is 26.8 Å². The van der Waals surface area contributed by atoms with Crippen molar-refractivity contribution in [2.75, 3.05) is 24.8 Å². The number of nitrogens with one attached hydrogen (secondary N) is 1. The lowest BCUT2D eigenvalue weighted by Crippen LogP contribution is -2.02. The maximum absolute atomic E-state index is 6.07. The van der Waals surface area contributed by atoms with Crippen LogP contribution in [-0.4, -0.2) is 18.7 Å². The first-order valence-corrected chi connectivity index (χ1v) is 6.51. The van der Waals surface area contributed by atoms with E-state index in [1.54, 1.807) is 31.4 Å². The van der Waals surface area contributed by atoms with Crippen molar-refractivity contribution in [1.29, 1.82) is 0 Å². The molecule has 1 aromatic heterocycles. The van der Waals surface area contributed by atoms with Crippen molar-refractivity contribution < 1.29 is 9.47 Å². The van der Waals surface area contributed by atoms with Crippen LogP contribution in [0.5, 0.6) is 11.6 Å². The molecular formula is C14H16ClN3O2. The molecule has 0 fully saturated rings. The van der Waals surface area contributed by atoms with Crippen LogP contribution in [0.4, 0.5) is 17.2 Å². The summed E-state index contributed by atoms with van der Waals surface area (Å²) in [7, 11) is 1.57. The molecule has 5 nitrogen and oxygen atoms in total. The van der Waals surface area contributed by atoms with E-state index in [0.717, 1.165) is 5.69 Å². The quantitative estimate of drug-likeness (QED) is 0.883. The summed E-state index contributed by atoms with van der Waals surface area (Å²) in [4.78, 5) is 4.30. The molecule has 3 N–H and O–H groups in total. The molecule has 0 saturated carbocycles. The van der Waals surface area contributed by atoms with Gasteiger partial charge in [-0.2, -0.15) is 4.98 Å². The van der Waals surface area contributed by atoms with Crippen LogP contribution in [0.1, 0.15) is 6.92 Å². The number of methoxy groups -OCH3 is 1. The van der Waals surface area contributed by atoms with Gasteiger partial charge in [-0.3, -0.25) is 0 Å². The zero-order valence-corrected chi connectivity index (χ0v) is 12.1. The first-order chi connectivity index (χ1) is 9.63. The van der Waals surface area contributed by atoms with Gasteiger partial charge in [-0.1, -0.05) is 11.6 Å². The van der Waals surface area contributed by atoms with E-state index in [1.807, 2.05) is 13.0 Å². The molecule has 0 aliphatic rings. The van der Waals surface area contributed by atoms with Crippen molar-refractivity contribution in [2.45, 2.75) is 6.92 Å². The Labute approximate surface area is 122 Å². The van der Waals surface area contributed by atoms with Crippen LogP contribution in [0.3, 0.4) is 0 Å². The minimum absolute atomic E-state index is 0.414. The first-order valence-electron chi connectivity index (χ1n) is 6.14. The molecule has 6 heteroatoms. The highest BCUT2D eigenvalue weighted by Crippen LogP contribution is 2.29. The molecule has 2 aromatic rings. The lowest BCUT2D eigenvalue weighted by Gasteiger charge is -2.11. The molecule has 0 bridgehead atoms. The fourth-order valence-corrected chi connectivity index (χ4v) is 1.92. The Morgan fingerprint density at radius 3 is 2.75 bits per heavy atom. The van der Waals surface area contributed by atoms with Crippen molar-refractivity contribution in [3.05, 3.63) is 35.4 Å². The summed E-state index contributed by atoms with van der Waals surface area (Å²) in [6.45, 7) is 2.39. The zero-order chi connectivity index (χ0) is 14.5. The second-order valence-electron chi connectivity index (χ2n) is 4.00. The maximum Gasteiger partial charge on any atom is 0.239 e. The molecule has 20 heavy (non-hydrogen) atoms. The predicted molar refractivity (Wildman–Crippen MR) is 81.1 cm³/mol. The van der Waals surface area contributed by atoms with Crippen LogP contribution in [0.25, 0.3) is 0 Å². The number of pyridine rings is 1. The smallest absolute Gasteiger partial charge is 0.239 e. The van der Waals surface area contributed by atoms with Crippen molar-refractivity contribution in [3.8, 4) is 11.6 Å². The highest BCUT2D eigenvalue weighted by molar-refractivity contribution is 6.32. The Morgan fingerprint density at radius 2 is 2.10 bits per heavy atom. The lowest BCUT2D eigenvalue weighted by molar-refractivity contribution is 0.329. The van der Waals surface area contributed by atoms with Gasteiger partial charge in [-0.25, -0.2) is 0 Å². The number of hydrogen-bond donors (Lipinski definition) is 2. The Bertz CT molecular complexity index is 605. The number of ether oxygens (including phenoxy) is 2. The van der Waals surface area contributed by atoms with Crippen LogP contribution in [0, 0.1) is 0 Å². The van der Waals surface area contributed by atoms with Gasteiger partial charge in [-0.05, 0) is 37.3 Å². The topological polar surface area (TPSA) is 69.4 Å². The van der Waals surface area contributed by atoms with Gasteiger partial charge in [0.2, 0.25) is 5.88 Å². The summed E-state index contributed by atoms with van der Waals surface area (Å²) in [6, 6.07) is 8.91. The van der Waals surface area contributed by atoms with Gasteiger partial charge in [0.15, 0.2) is 0 Å². The number of aromatic nitrogens is 1. The third kappa shape index (κ3) is 3.24. The molecule has 0 spiro atoms. The highest BCUT2D eigenvalue weighted by atomic mass is 35.5. The fraction of sp³-hybridized carbons (Fsp3) is 0.214. The third-order valence-corrected chi connectivity index (χ3v) is 2.89. The fourth-order valence-electron chi connectivity index (χ4n) is 1.67. The molecule has 1 heterocycles. The third-order valence-electron chi connectivity index (χ3n) is 2.59. The standard InChI is InChI=1S/C14H16ClN3O2/c1-3-20-14-11(16)5-7-13(18-14)17-9-4-6-12(19-2)10(15)8-9/h4-8H,3,16H2,1-2H3,(H,17,18). The number of nitrogen functional groups attached to an aromatic ring is 1. The molecule has 0 aliphatic carbocycles. The normalized spacial score (nSPS) is 10.2.